The molecule has 1 aliphatic rings. The van der Waals surface area contributed by atoms with E-state index in [-0.39, 0.29) is 0 Å². The molecule has 4 heteroatoms. The SMILES string of the molecule is CCCNCc1ccoc1CN(C)C1CCN(CC)CC1. The van der Waals surface area contributed by atoms with Crippen LogP contribution in [0.15, 0.2) is 16.7 Å². The van der Waals surface area contributed by atoms with E-state index in [9.17, 15) is 0 Å². The Morgan fingerprint density at radius 1 is 1.33 bits per heavy atom. The minimum absolute atomic E-state index is 0.689. The monoisotopic (exact) mass is 293 g/mol. The molecule has 21 heavy (non-hydrogen) atoms. The van der Waals surface area contributed by atoms with E-state index < -0.39 is 0 Å². The maximum Gasteiger partial charge on any atom is 0.122 e. The zero-order valence-electron chi connectivity index (χ0n) is 13.9. The van der Waals surface area contributed by atoms with Crippen LogP contribution in [0.1, 0.15) is 44.4 Å². The van der Waals surface area contributed by atoms with Crippen molar-refractivity contribution in [1.82, 2.24) is 15.1 Å². The lowest BCUT2D eigenvalue weighted by atomic mass is 10.0. The molecular formula is C17H31N3O. The summed E-state index contributed by atoms with van der Waals surface area (Å²) in [4.78, 5) is 5.01. The van der Waals surface area contributed by atoms with Crippen molar-refractivity contribution >= 4 is 0 Å². The Hall–Kier alpha value is -0.840. The number of nitrogens with one attached hydrogen (secondary N) is 1. The molecule has 0 spiro atoms. The van der Waals surface area contributed by atoms with Crippen molar-refractivity contribution in [3.05, 3.63) is 23.7 Å². The van der Waals surface area contributed by atoms with Gasteiger partial charge in [-0.15, -0.1) is 0 Å². The van der Waals surface area contributed by atoms with Gasteiger partial charge < -0.3 is 14.6 Å². The number of hydrogen-bond donors (Lipinski definition) is 1. The zero-order chi connectivity index (χ0) is 15.1. The highest BCUT2D eigenvalue weighted by Crippen LogP contribution is 2.19. The number of piperidine rings is 1. The first-order valence-corrected chi connectivity index (χ1v) is 8.43. The third-order valence-electron chi connectivity index (χ3n) is 4.60. The molecular weight excluding hydrogens is 262 g/mol. The highest BCUT2D eigenvalue weighted by molar-refractivity contribution is 5.16. The Balaban J connectivity index is 1.82. The minimum Gasteiger partial charge on any atom is -0.468 e. The van der Waals surface area contributed by atoms with Gasteiger partial charge in [0, 0.05) is 18.2 Å². The highest BCUT2D eigenvalue weighted by Gasteiger charge is 2.22. The van der Waals surface area contributed by atoms with E-state index >= 15 is 0 Å². The summed E-state index contributed by atoms with van der Waals surface area (Å²) in [6.45, 7) is 11.0. The van der Waals surface area contributed by atoms with E-state index in [0.717, 1.165) is 25.4 Å². The third-order valence-corrected chi connectivity index (χ3v) is 4.60. The molecule has 0 radical (unpaired) electrons. The number of hydrogen-bond acceptors (Lipinski definition) is 4. The molecule has 0 atom stereocenters. The molecule has 0 unspecified atom stereocenters. The van der Waals surface area contributed by atoms with Crippen LogP contribution < -0.4 is 5.32 Å². The van der Waals surface area contributed by atoms with Gasteiger partial charge in [0.05, 0.1) is 12.8 Å². The van der Waals surface area contributed by atoms with Crippen LogP contribution in [0.3, 0.4) is 0 Å². The lowest BCUT2D eigenvalue weighted by Crippen LogP contribution is -2.43. The van der Waals surface area contributed by atoms with E-state index in [1.54, 1.807) is 0 Å². The molecule has 0 amide bonds. The van der Waals surface area contributed by atoms with Crippen molar-refractivity contribution in [3.8, 4) is 0 Å². The first-order chi connectivity index (χ1) is 10.2. The molecule has 1 saturated heterocycles. The maximum atomic E-state index is 5.71. The van der Waals surface area contributed by atoms with Crippen LogP contribution in [0.5, 0.6) is 0 Å². The second-order valence-electron chi connectivity index (χ2n) is 6.13. The average Bonchev–Trinajstić information content (AvgIpc) is 2.95. The molecule has 0 aliphatic carbocycles. The van der Waals surface area contributed by atoms with Crippen LogP contribution in [0.4, 0.5) is 0 Å². The van der Waals surface area contributed by atoms with Crippen LogP contribution in [0.25, 0.3) is 0 Å². The molecule has 120 valence electrons. The van der Waals surface area contributed by atoms with Gasteiger partial charge in [-0.1, -0.05) is 13.8 Å². The Kier molecular flexibility index (Phi) is 6.74. The van der Waals surface area contributed by atoms with Gasteiger partial charge in [0.2, 0.25) is 0 Å². The van der Waals surface area contributed by atoms with Crippen molar-refractivity contribution in [3.63, 3.8) is 0 Å². The smallest absolute Gasteiger partial charge is 0.122 e. The molecule has 1 fully saturated rings. The zero-order valence-corrected chi connectivity index (χ0v) is 13.9. The second kappa shape index (κ2) is 8.57. The first kappa shape index (κ1) is 16.5. The summed E-state index contributed by atoms with van der Waals surface area (Å²) in [6.07, 6.45) is 5.54. The summed E-state index contributed by atoms with van der Waals surface area (Å²) >= 11 is 0. The van der Waals surface area contributed by atoms with Crippen LogP contribution in [-0.4, -0.2) is 49.1 Å². The third kappa shape index (κ3) is 4.83. The molecule has 1 aromatic rings. The summed E-state index contributed by atoms with van der Waals surface area (Å²) < 4.78 is 5.71. The van der Waals surface area contributed by atoms with Crippen molar-refractivity contribution in [2.45, 2.75) is 52.2 Å². The summed E-state index contributed by atoms with van der Waals surface area (Å²) in [5.41, 5.74) is 1.31. The molecule has 1 N–H and O–H groups in total. The van der Waals surface area contributed by atoms with E-state index in [2.05, 4.69) is 42.1 Å². The van der Waals surface area contributed by atoms with Crippen molar-refractivity contribution in [2.75, 3.05) is 33.2 Å². The molecule has 0 bridgehead atoms. The molecule has 0 saturated carbocycles. The molecule has 2 heterocycles. The normalized spacial score (nSPS) is 17.7. The van der Waals surface area contributed by atoms with Gasteiger partial charge in [-0.3, -0.25) is 4.90 Å². The van der Waals surface area contributed by atoms with Gasteiger partial charge in [-0.2, -0.15) is 0 Å². The molecule has 4 nitrogen and oxygen atoms in total. The Labute approximate surface area is 129 Å². The largest absolute Gasteiger partial charge is 0.468 e. The number of rotatable bonds is 8. The fourth-order valence-corrected chi connectivity index (χ4v) is 3.10. The van der Waals surface area contributed by atoms with Gasteiger partial charge >= 0.3 is 0 Å². The van der Waals surface area contributed by atoms with E-state index in [0.29, 0.717) is 6.04 Å². The van der Waals surface area contributed by atoms with Crippen molar-refractivity contribution in [1.29, 1.82) is 0 Å². The van der Waals surface area contributed by atoms with E-state index in [4.69, 9.17) is 4.42 Å². The lowest BCUT2D eigenvalue weighted by molar-refractivity contribution is 0.121. The summed E-state index contributed by atoms with van der Waals surface area (Å²) in [6, 6.07) is 2.79. The quantitative estimate of drug-likeness (QED) is 0.747. The van der Waals surface area contributed by atoms with Crippen molar-refractivity contribution in [2.24, 2.45) is 0 Å². The van der Waals surface area contributed by atoms with Crippen molar-refractivity contribution < 1.29 is 4.42 Å². The highest BCUT2D eigenvalue weighted by atomic mass is 16.3. The fourth-order valence-electron chi connectivity index (χ4n) is 3.10. The Morgan fingerprint density at radius 3 is 2.76 bits per heavy atom. The predicted octanol–water partition coefficient (Wildman–Crippen LogP) is 2.70. The van der Waals surface area contributed by atoms with Crippen LogP contribution >= 0.6 is 0 Å². The van der Waals surface area contributed by atoms with Gasteiger partial charge in [0.1, 0.15) is 5.76 Å². The van der Waals surface area contributed by atoms with Gasteiger partial charge in [-0.05, 0) is 58.6 Å². The second-order valence-corrected chi connectivity index (χ2v) is 6.13. The molecule has 1 aromatic heterocycles. The summed E-state index contributed by atoms with van der Waals surface area (Å²) in [7, 11) is 2.23. The molecule has 0 aromatic carbocycles. The van der Waals surface area contributed by atoms with Crippen LogP contribution in [0.2, 0.25) is 0 Å². The standard InChI is InChI=1S/C17H31N3O/c1-4-9-18-13-15-8-12-21-17(15)14-19(3)16-6-10-20(5-2)11-7-16/h8,12,16,18H,4-7,9-11,13-14H2,1-3H3. The topological polar surface area (TPSA) is 31.7 Å². The fraction of sp³-hybridized carbons (Fsp3) is 0.765. The average molecular weight is 293 g/mol. The molecule has 2 rings (SSSR count). The van der Waals surface area contributed by atoms with Crippen LogP contribution in [-0.2, 0) is 13.1 Å². The number of nitrogens with zero attached hydrogens (tertiary/aromatic N) is 2. The van der Waals surface area contributed by atoms with Crippen LogP contribution in [0, 0.1) is 0 Å². The molecule has 1 aliphatic heterocycles. The number of furan rings is 1. The lowest BCUT2D eigenvalue weighted by Gasteiger charge is -2.36. The minimum atomic E-state index is 0.689. The summed E-state index contributed by atoms with van der Waals surface area (Å²) in [5, 5.41) is 3.46. The van der Waals surface area contributed by atoms with E-state index in [1.165, 1.54) is 44.5 Å². The van der Waals surface area contributed by atoms with Gasteiger partial charge in [0.25, 0.3) is 0 Å². The maximum absolute atomic E-state index is 5.71. The predicted molar refractivity (Wildman–Crippen MR) is 87.3 cm³/mol. The van der Waals surface area contributed by atoms with Gasteiger partial charge in [-0.25, -0.2) is 0 Å². The Morgan fingerprint density at radius 2 is 2.10 bits per heavy atom. The summed E-state index contributed by atoms with van der Waals surface area (Å²) in [5.74, 6) is 1.12. The van der Waals surface area contributed by atoms with E-state index in [1.807, 2.05) is 6.26 Å². The first-order valence-electron chi connectivity index (χ1n) is 8.43. The Bertz CT molecular complexity index is 396. The number of likely N-dealkylation sites (tertiary alicyclic amines) is 1. The van der Waals surface area contributed by atoms with Gasteiger partial charge in [0.15, 0.2) is 0 Å².